The Kier molecular flexibility index (Phi) is 2.22. The standard InChI is InChI=1S/C11H19N/c1-3-8(2)9-6-10-4-5-11(7-9)12-10/h10-12H,3-7H2,1-2H3. The molecule has 2 aliphatic rings. The first-order valence-corrected chi connectivity index (χ1v) is 5.23. The van der Waals surface area contributed by atoms with Crippen LogP contribution in [0, 0.1) is 0 Å². The van der Waals surface area contributed by atoms with Crippen LogP contribution < -0.4 is 5.32 Å². The van der Waals surface area contributed by atoms with Gasteiger partial charge >= 0.3 is 0 Å². The zero-order valence-electron chi connectivity index (χ0n) is 8.19. The van der Waals surface area contributed by atoms with E-state index >= 15 is 0 Å². The molecule has 2 unspecified atom stereocenters. The second-order valence-electron chi connectivity index (χ2n) is 4.28. The van der Waals surface area contributed by atoms with Gasteiger partial charge < -0.3 is 5.32 Å². The molecule has 0 aromatic rings. The minimum Gasteiger partial charge on any atom is -0.311 e. The van der Waals surface area contributed by atoms with Gasteiger partial charge in [-0.3, -0.25) is 0 Å². The number of piperidine rings is 1. The summed E-state index contributed by atoms with van der Waals surface area (Å²) in [5.41, 5.74) is 3.40. The lowest BCUT2D eigenvalue weighted by Gasteiger charge is -2.25. The van der Waals surface area contributed by atoms with Gasteiger partial charge in [0.05, 0.1) is 0 Å². The van der Waals surface area contributed by atoms with E-state index in [4.69, 9.17) is 0 Å². The van der Waals surface area contributed by atoms with Crippen molar-refractivity contribution in [2.75, 3.05) is 0 Å². The summed E-state index contributed by atoms with van der Waals surface area (Å²) in [5, 5.41) is 3.67. The van der Waals surface area contributed by atoms with Crippen LogP contribution in [0.2, 0.25) is 0 Å². The molecule has 1 heteroatoms. The maximum atomic E-state index is 3.67. The topological polar surface area (TPSA) is 12.0 Å². The monoisotopic (exact) mass is 165 g/mol. The molecule has 2 atom stereocenters. The van der Waals surface area contributed by atoms with Gasteiger partial charge in [0.1, 0.15) is 0 Å². The minimum atomic E-state index is 0.820. The third kappa shape index (κ3) is 1.42. The summed E-state index contributed by atoms with van der Waals surface area (Å²) >= 11 is 0. The second-order valence-corrected chi connectivity index (χ2v) is 4.28. The molecule has 0 aliphatic carbocycles. The van der Waals surface area contributed by atoms with Gasteiger partial charge in [-0.25, -0.2) is 0 Å². The Balaban J connectivity index is 2.11. The normalized spacial score (nSPS) is 34.0. The van der Waals surface area contributed by atoms with Crippen LogP contribution in [-0.4, -0.2) is 12.1 Å². The molecule has 2 rings (SSSR count). The van der Waals surface area contributed by atoms with E-state index in [1.54, 1.807) is 11.1 Å². The van der Waals surface area contributed by atoms with Crippen molar-refractivity contribution in [1.29, 1.82) is 0 Å². The number of nitrogens with one attached hydrogen (secondary N) is 1. The molecule has 0 saturated carbocycles. The van der Waals surface area contributed by atoms with Crippen molar-refractivity contribution in [3.8, 4) is 0 Å². The van der Waals surface area contributed by atoms with Crippen LogP contribution in [0.5, 0.6) is 0 Å². The van der Waals surface area contributed by atoms with Crippen LogP contribution in [0.15, 0.2) is 11.1 Å². The molecule has 0 radical (unpaired) electrons. The Morgan fingerprint density at radius 1 is 1.33 bits per heavy atom. The SMILES string of the molecule is CCC(C)=C1CC2CCC(C1)N2. The van der Waals surface area contributed by atoms with Crippen LogP contribution in [-0.2, 0) is 0 Å². The van der Waals surface area contributed by atoms with Gasteiger partial charge in [0.15, 0.2) is 0 Å². The fourth-order valence-electron chi connectivity index (χ4n) is 2.50. The van der Waals surface area contributed by atoms with Crippen molar-refractivity contribution in [2.24, 2.45) is 0 Å². The molecular formula is C11H19N. The first-order valence-electron chi connectivity index (χ1n) is 5.23. The average molecular weight is 165 g/mol. The van der Waals surface area contributed by atoms with Crippen molar-refractivity contribution in [3.05, 3.63) is 11.1 Å². The first-order chi connectivity index (χ1) is 5.79. The number of rotatable bonds is 1. The lowest BCUT2D eigenvalue weighted by Crippen LogP contribution is -2.35. The molecule has 12 heavy (non-hydrogen) atoms. The molecule has 0 amide bonds. The summed E-state index contributed by atoms with van der Waals surface area (Å²) in [6.45, 7) is 4.58. The second kappa shape index (κ2) is 3.21. The van der Waals surface area contributed by atoms with E-state index in [0.29, 0.717) is 0 Å². The molecule has 2 saturated heterocycles. The van der Waals surface area contributed by atoms with E-state index in [0.717, 1.165) is 12.1 Å². The average Bonchev–Trinajstić information content (AvgIpc) is 2.44. The third-order valence-corrected chi connectivity index (χ3v) is 3.45. The highest BCUT2D eigenvalue weighted by Crippen LogP contribution is 2.32. The van der Waals surface area contributed by atoms with Gasteiger partial charge in [-0.15, -0.1) is 0 Å². The van der Waals surface area contributed by atoms with Crippen LogP contribution in [0.3, 0.4) is 0 Å². The fraction of sp³-hybridized carbons (Fsp3) is 0.818. The molecule has 2 heterocycles. The molecule has 2 bridgehead atoms. The molecule has 0 aromatic carbocycles. The molecule has 1 nitrogen and oxygen atoms in total. The van der Waals surface area contributed by atoms with Crippen LogP contribution >= 0.6 is 0 Å². The number of hydrogen-bond acceptors (Lipinski definition) is 1. The summed E-state index contributed by atoms with van der Waals surface area (Å²) in [7, 11) is 0. The van der Waals surface area contributed by atoms with Crippen molar-refractivity contribution in [2.45, 2.75) is 58.0 Å². The molecule has 0 spiro atoms. The summed E-state index contributed by atoms with van der Waals surface area (Å²) in [6, 6.07) is 1.64. The number of hydrogen-bond donors (Lipinski definition) is 1. The maximum absolute atomic E-state index is 3.67. The maximum Gasteiger partial charge on any atom is 0.0108 e. The van der Waals surface area contributed by atoms with Gasteiger partial charge in [0.2, 0.25) is 0 Å². The summed E-state index contributed by atoms with van der Waals surface area (Å²) in [5.74, 6) is 0. The smallest absolute Gasteiger partial charge is 0.0108 e. The van der Waals surface area contributed by atoms with Gasteiger partial charge in [-0.2, -0.15) is 0 Å². The summed E-state index contributed by atoms with van der Waals surface area (Å²) in [4.78, 5) is 0. The highest BCUT2D eigenvalue weighted by Gasteiger charge is 2.30. The van der Waals surface area contributed by atoms with Gasteiger partial charge in [-0.1, -0.05) is 18.1 Å². The van der Waals surface area contributed by atoms with Gasteiger partial charge in [0.25, 0.3) is 0 Å². The highest BCUT2D eigenvalue weighted by molar-refractivity contribution is 5.19. The molecule has 68 valence electrons. The Morgan fingerprint density at radius 2 is 1.92 bits per heavy atom. The summed E-state index contributed by atoms with van der Waals surface area (Å²) in [6.07, 6.45) is 6.72. The number of fused-ring (bicyclic) bond motifs is 2. The summed E-state index contributed by atoms with van der Waals surface area (Å²) < 4.78 is 0. The van der Waals surface area contributed by atoms with Crippen molar-refractivity contribution < 1.29 is 0 Å². The third-order valence-electron chi connectivity index (χ3n) is 3.45. The Hall–Kier alpha value is -0.300. The van der Waals surface area contributed by atoms with E-state index in [2.05, 4.69) is 19.2 Å². The highest BCUT2D eigenvalue weighted by atomic mass is 15.0. The Labute approximate surface area is 75.2 Å². The van der Waals surface area contributed by atoms with Gasteiger partial charge in [-0.05, 0) is 39.0 Å². The van der Waals surface area contributed by atoms with E-state index < -0.39 is 0 Å². The largest absolute Gasteiger partial charge is 0.311 e. The van der Waals surface area contributed by atoms with Crippen LogP contribution in [0.4, 0.5) is 0 Å². The Bertz CT molecular complexity index is 191. The molecule has 1 N–H and O–H groups in total. The van der Waals surface area contributed by atoms with Crippen LogP contribution in [0.25, 0.3) is 0 Å². The molecule has 2 aliphatic heterocycles. The van der Waals surface area contributed by atoms with E-state index in [9.17, 15) is 0 Å². The lowest BCUT2D eigenvalue weighted by molar-refractivity contribution is 0.470. The lowest BCUT2D eigenvalue weighted by atomic mass is 9.94. The zero-order valence-corrected chi connectivity index (χ0v) is 8.19. The predicted molar refractivity (Wildman–Crippen MR) is 52.2 cm³/mol. The Morgan fingerprint density at radius 3 is 2.42 bits per heavy atom. The minimum absolute atomic E-state index is 0.820. The first kappa shape index (κ1) is 8.31. The quantitative estimate of drug-likeness (QED) is 0.589. The van der Waals surface area contributed by atoms with Crippen molar-refractivity contribution in [1.82, 2.24) is 5.32 Å². The van der Waals surface area contributed by atoms with E-state index in [-0.39, 0.29) is 0 Å². The zero-order chi connectivity index (χ0) is 8.55. The molecule has 0 aromatic heterocycles. The van der Waals surface area contributed by atoms with Crippen molar-refractivity contribution in [3.63, 3.8) is 0 Å². The van der Waals surface area contributed by atoms with Crippen LogP contribution in [0.1, 0.15) is 46.0 Å². The van der Waals surface area contributed by atoms with E-state index in [1.165, 1.54) is 32.1 Å². The number of allylic oxidation sites excluding steroid dienone is 1. The van der Waals surface area contributed by atoms with Crippen molar-refractivity contribution >= 4 is 0 Å². The van der Waals surface area contributed by atoms with Gasteiger partial charge in [0, 0.05) is 12.1 Å². The van der Waals surface area contributed by atoms with E-state index in [1.807, 2.05) is 0 Å². The fourth-order valence-corrected chi connectivity index (χ4v) is 2.50. The molecular weight excluding hydrogens is 146 g/mol. The molecule has 2 fully saturated rings. The predicted octanol–water partition coefficient (Wildman–Crippen LogP) is 2.63.